The number of nitrogens with one attached hydrogen (secondary N) is 1. The molecule has 0 saturated carbocycles. The Balaban J connectivity index is 1.60. The summed E-state index contributed by atoms with van der Waals surface area (Å²) in [6.07, 6.45) is 4.25. The molecule has 1 N–H and O–H groups in total. The Labute approximate surface area is 191 Å². The molecular weight excluding hydrogens is 448 g/mol. The van der Waals surface area contributed by atoms with Gasteiger partial charge in [-0.2, -0.15) is 0 Å². The summed E-state index contributed by atoms with van der Waals surface area (Å²) >= 11 is 6.09. The molecule has 0 saturated heterocycles. The lowest BCUT2D eigenvalue weighted by atomic mass is 10.0. The van der Waals surface area contributed by atoms with Crippen LogP contribution in [0.15, 0.2) is 78.0 Å². The third kappa shape index (κ3) is 4.98. The van der Waals surface area contributed by atoms with E-state index in [1.54, 1.807) is 36.5 Å². The Morgan fingerprint density at radius 1 is 1.00 bits per heavy atom. The number of hydrogen-bond donors (Lipinski definition) is 1. The summed E-state index contributed by atoms with van der Waals surface area (Å²) < 4.78 is 34.3. The predicted octanol–water partition coefficient (Wildman–Crippen LogP) is 5.05. The van der Waals surface area contributed by atoms with Crippen LogP contribution in [0.25, 0.3) is 11.0 Å². The van der Waals surface area contributed by atoms with Crippen molar-refractivity contribution < 1.29 is 13.2 Å². The quantitative estimate of drug-likeness (QED) is 0.388. The van der Waals surface area contributed by atoms with Crippen LogP contribution in [0, 0.1) is 0 Å². The summed E-state index contributed by atoms with van der Waals surface area (Å²) in [5.41, 5.74) is 2.24. The number of halogens is 1. The first kappa shape index (κ1) is 22.0. The minimum absolute atomic E-state index is 0.0117. The molecule has 2 aromatic heterocycles. The van der Waals surface area contributed by atoms with Gasteiger partial charge in [0.15, 0.2) is 0 Å². The Bertz CT molecular complexity index is 1330. The van der Waals surface area contributed by atoms with Crippen molar-refractivity contribution in [2.45, 2.75) is 24.2 Å². The van der Waals surface area contributed by atoms with Crippen LogP contribution in [0.5, 0.6) is 5.88 Å². The summed E-state index contributed by atoms with van der Waals surface area (Å²) in [6, 6.07) is 17.3. The molecule has 4 aromatic rings. The third-order valence-corrected chi connectivity index (χ3v) is 6.78. The van der Waals surface area contributed by atoms with Crippen molar-refractivity contribution in [1.82, 2.24) is 15.0 Å². The smallest absolute Gasteiger partial charge is 0.264 e. The first-order valence-electron chi connectivity index (χ1n) is 10.0. The van der Waals surface area contributed by atoms with Gasteiger partial charge in [0, 0.05) is 12.4 Å². The van der Waals surface area contributed by atoms with E-state index in [1.165, 1.54) is 12.1 Å². The van der Waals surface area contributed by atoms with Crippen LogP contribution in [0.1, 0.15) is 24.8 Å². The van der Waals surface area contributed by atoms with Crippen molar-refractivity contribution in [1.29, 1.82) is 0 Å². The number of sulfonamides is 1. The molecule has 0 spiro atoms. The van der Waals surface area contributed by atoms with E-state index in [9.17, 15) is 8.42 Å². The van der Waals surface area contributed by atoms with E-state index < -0.39 is 10.0 Å². The summed E-state index contributed by atoms with van der Waals surface area (Å²) in [4.78, 5) is 13.0. The second kappa shape index (κ2) is 9.50. The average molecular weight is 469 g/mol. The molecule has 0 bridgehead atoms. The summed E-state index contributed by atoms with van der Waals surface area (Å²) in [6.45, 7) is 2.40. The molecule has 7 nitrogen and oxygen atoms in total. The van der Waals surface area contributed by atoms with E-state index in [0.29, 0.717) is 24.1 Å². The van der Waals surface area contributed by atoms with Crippen molar-refractivity contribution in [3.05, 3.63) is 83.6 Å². The maximum atomic E-state index is 13.0. The predicted molar refractivity (Wildman–Crippen MR) is 125 cm³/mol. The van der Waals surface area contributed by atoms with E-state index in [0.717, 1.165) is 5.56 Å². The van der Waals surface area contributed by atoms with Crippen LogP contribution < -0.4 is 9.46 Å². The monoisotopic (exact) mass is 468 g/mol. The van der Waals surface area contributed by atoms with E-state index in [4.69, 9.17) is 16.3 Å². The lowest BCUT2D eigenvalue weighted by Crippen LogP contribution is -2.16. The zero-order valence-electron chi connectivity index (χ0n) is 17.3. The van der Waals surface area contributed by atoms with E-state index in [1.807, 2.05) is 24.4 Å². The number of fused-ring (bicyclic) bond motifs is 1. The number of rotatable bonds is 8. The number of para-hydroxylation sites is 2. The number of hydrogen-bond acceptors (Lipinski definition) is 6. The van der Waals surface area contributed by atoms with Gasteiger partial charge in [0.1, 0.15) is 4.90 Å². The molecule has 0 aliphatic heterocycles. The van der Waals surface area contributed by atoms with Gasteiger partial charge in [-0.1, -0.05) is 48.9 Å². The average Bonchev–Trinajstić information content (AvgIpc) is 2.79. The van der Waals surface area contributed by atoms with Crippen molar-refractivity contribution in [2.24, 2.45) is 0 Å². The van der Waals surface area contributed by atoms with E-state index >= 15 is 0 Å². The zero-order chi connectivity index (χ0) is 22.6. The van der Waals surface area contributed by atoms with Gasteiger partial charge in [-0.25, -0.2) is 18.4 Å². The molecule has 32 heavy (non-hydrogen) atoms. The Kier molecular flexibility index (Phi) is 6.53. The highest BCUT2D eigenvalue weighted by Crippen LogP contribution is 2.29. The fourth-order valence-electron chi connectivity index (χ4n) is 3.16. The lowest BCUT2D eigenvalue weighted by molar-refractivity contribution is 0.291. The van der Waals surface area contributed by atoms with Crippen LogP contribution >= 0.6 is 11.6 Å². The highest BCUT2D eigenvalue weighted by molar-refractivity contribution is 7.92. The van der Waals surface area contributed by atoms with Crippen molar-refractivity contribution in [2.75, 3.05) is 11.3 Å². The number of pyridine rings is 1. The van der Waals surface area contributed by atoms with Crippen LogP contribution in [0.3, 0.4) is 0 Å². The topological polar surface area (TPSA) is 94.1 Å². The summed E-state index contributed by atoms with van der Waals surface area (Å²) in [5, 5.41) is 0.113. The number of ether oxygens (including phenoxy) is 1. The number of aromatic nitrogens is 3. The van der Waals surface area contributed by atoms with Crippen molar-refractivity contribution >= 4 is 38.5 Å². The zero-order valence-corrected chi connectivity index (χ0v) is 18.8. The van der Waals surface area contributed by atoms with Gasteiger partial charge in [-0.15, -0.1) is 0 Å². The molecule has 1 atom stereocenters. The van der Waals surface area contributed by atoms with Crippen LogP contribution in [0.2, 0.25) is 5.02 Å². The van der Waals surface area contributed by atoms with Crippen LogP contribution in [-0.4, -0.2) is 30.0 Å². The van der Waals surface area contributed by atoms with Gasteiger partial charge in [0.2, 0.25) is 5.82 Å². The van der Waals surface area contributed by atoms with Gasteiger partial charge >= 0.3 is 0 Å². The normalized spacial score (nSPS) is 12.4. The highest BCUT2D eigenvalue weighted by atomic mass is 35.5. The number of nitrogens with zero attached hydrogens (tertiary/aromatic N) is 3. The lowest BCUT2D eigenvalue weighted by Gasteiger charge is -2.15. The molecule has 2 aromatic carbocycles. The standard InChI is InChI=1S/C23H21ClN4O3S/c1-16(17-7-6-13-25-15-17)12-14-31-23-22(26-19-9-3-4-10-20(19)27-23)28-32(29,30)21-11-5-2-8-18(21)24/h2-11,13,15-16H,12,14H2,1H3,(H,26,28). The Morgan fingerprint density at radius 2 is 1.72 bits per heavy atom. The fraction of sp³-hybridized carbons (Fsp3) is 0.174. The van der Waals surface area contributed by atoms with Crippen molar-refractivity contribution in [3.63, 3.8) is 0 Å². The van der Waals surface area contributed by atoms with Gasteiger partial charge < -0.3 is 4.74 Å². The SMILES string of the molecule is CC(CCOc1nc2ccccc2nc1NS(=O)(=O)c1ccccc1Cl)c1cccnc1. The molecule has 9 heteroatoms. The van der Waals surface area contributed by atoms with Gasteiger partial charge in [0.25, 0.3) is 15.9 Å². The first-order chi connectivity index (χ1) is 15.4. The molecule has 0 aliphatic carbocycles. The Morgan fingerprint density at radius 3 is 2.44 bits per heavy atom. The molecule has 0 fully saturated rings. The molecule has 0 amide bonds. The molecule has 1 unspecified atom stereocenters. The highest BCUT2D eigenvalue weighted by Gasteiger charge is 2.22. The molecule has 164 valence electrons. The molecular formula is C23H21ClN4O3S. The second-order valence-corrected chi connectivity index (χ2v) is 9.28. The third-order valence-electron chi connectivity index (χ3n) is 4.94. The minimum Gasteiger partial charge on any atom is -0.475 e. The van der Waals surface area contributed by atoms with Crippen LogP contribution in [-0.2, 0) is 10.0 Å². The number of benzene rings is 2. The Hall–Kier alpha value is -3.23. The summed E-state index contributed by atoms with van der Waals surface area (Å²) in [7, 11) is -3.99. The van der Waals surface area contributed by atoms with E-state index in [-0.39, 0.29) is 27.5 Å². The maximum absolute atomic E-state index is 13.0. The maximum Gasteiger partial charge on any atom is 0.264 e. The largest absolute Gasteiger partial charge is 0.475 e. The van der Waals surface area contributed by atoms with Crippen molar-refractivity contribution in [3.8, 4) is 5.88 Å². The second-order valence-electron chi connectivity index (χ2n) is 7.23. The molecule has 4 rings (SSSR count). The first-order valence-corrected chi connectivity index (χ1v) is 11.9. The fourth-order valence-corrected chi connectivity index (χ4v) is 4.68. The van der Waals surface area contributed by atoms with Gasteiger partial charge in [-0.3, -0.25) is 9.71 Å². The molecule has 2 heterocycles. The number of anilines is 1. The summed E-state index contributed by atoms with van der Waals surface area (Å²) in [5.74, 6) is 0.329. The minimum atomic E-state index is -3.99. The van der Waals surface area contributed by atoms with Gasteiger partial charge in [-0.05, 0) is 48.2 Å². The molecule has 0 radical (unpaired) electrons. The van der Waals surface area contributed by atoms with Gasteiger partial charge in [0.05, 0.1) is 22.7 Å². The molecule has 0 aliphatic rings. The van der Waals surface area contributed by atoms with Crippen LogP contribution in [0.4, 0.5) is 5.82 Å². The van der Waals surface area contributed by atoms with E-state index in [2.05, 4.69) is 26.6 Å².